The zero-order valence-electron chi connectivity index (χ0n) is 24.2. The SMILES string of the molecule is Cc1ccc(N2C(=O)Cc3c(N(Cc4ccccc4)Cc4ccccc4)ncnc32)cc1N(C)C(=O)OC(C)(C)C. The number of hydrogen-bond acceptors (Lipinski definition) is 6. The number of aryl methyl sites for hydroxylation is 1. The van der Waals surface area contributed by atoms with Crippen LogP contribution in [0, 0.1) is 6.92 Å². The minimum Gasteiger partial charge on any atom is -0.443 e. The smallest absolute Gasteiger partial charge is 0.414 e. The van der Waals surface area contributed by atoms with E-state index >= 15 is 0 Å². The largest absolute Gasteiger partial charge is 0.443 e. The van der Waals surface area contributed by atoms with Crippen LogP contribution >= 0.6 is 0 Å². The molecule has 1 aliphatic rings. The highest BCUT2D eigenvalue weighted by Crippen LogP contribution is 2.40. The minimum absolute atomic E-state index is 0.101. The van der Waals surface area contributed by atoms with E-state index in [4.69, 9.17) is 4.74 Å². The summed E-state index contributed by atoms with van der Waals surface area (Å²) >= 11 is 0. The van der Waals surface area contributed by atoms with Gasteiger partial charge in [-0.3, -0.25) is 14.6 Å². The Bertz CT molecular complexity index is 1510. The minimum atomic E-state index is -0.626. The summed E-state index contributed by atoms with van der Waals surface area (Å²) in [6.45, 7) is 8.67. The van der Waals surface area contributed by atoms with Gasteiger partial charge in [0.25, 0.3) is 0 Å². The van der Waals surface area contributed by atoms with Gasteiger partial charge in [0.1, 0.15) is 23.6 Å². The lowest BCUT2D eigenvalue weighted by atomic mass is 10.1. The molecule has 0 radical (unpaired) electrons. The van der Waals surface area contributed by atoms with Gasteiger partial charge in [-0.05, 0) is 56.5 Å². The Labute approximate surface area is 241 Å². The highest BCUT2D eigenvalue weighted by atomic mass is 16.6. The van der Waals surface area contributed by atoms with Gasteiger partial charge in [0, 0.05) is 25.7 Å². The Balaban J connectivity index is 1.51. The fourth-order valence-electron chi connectivity index (χ4n) is 4.97. The summed E-state index contributed by atoms with van der Waals surface area (Å²) in [5.41, 5.74) is 4.62. The molecule has 5 rings (SSSR count). The van der Waals surface area contributed by atoms with Crippen LogP contribution in [0.15, 0.2) is 85.2 Å². The van der Waals surface area contributed by atoms with Crippen LogP contribution in [0.4, 0.5) is 27.8 Å². The van der Waals surface area contributed by atoms with E-state index in [1.807, 2.05) is 82.3 Å². The molecule has 0 bridgehead atoms. The molecule has 2 heterocycles. The Kier molecular flexibility index (Phi) is 7.75. The van der Waals surface area contributed by atoms with Crippen molar-refractivity contribution in [1.82, 2.24) is 9.97 Å². The van der Waals surface area contributed by atoms with Gasteiger partial charge in [0.05, 0.1) is 17.8 Å². The molecule has 210 valence electrons. The van der Waals surface area contributed by atoms with Crippen molar-refractivity contribution in [2.45, 2.75) is 52.8 Å². The molecule has 0 saturated carbocycles. The maximum atomic E-state index is 13.5. The topological polar surface area (TPSA) is 78.9 Å². The highest BCUT2D eigenvalue weighted by molar-refractivity contribution is 6.08. The molecule has 8 heteroatoms. The number of fused-ring (bicyclic) bond motifs is 1. The van der Waals surface area contributed by atoms with Crippen LogP contribution in [0.25, 0.3) is 0 Å². The number of anilines is 4. The van der Waals surface area contributed by atoms with E-state index in [-0.39, 0.29) is 12.3 Å². The second-order valence-electron chi connectivity index (χ2n) is 11.2. The van der Waals surface area contributed by atoms with Crippen LogP contribution in [-0.4, -0.2) is 34.6 Å². The molecule has 4 aromatic rings. The van der Waals surface area contributed by atoms with Crippen LogP contribution in [-0.2, 0) is 29.0 Å². The first kappa shape index (κ1) is 27.8. The first-order valence-electron chi connectivity index (χ1n) is 13.7. The van der Waals surface area contributed by atoms with E-state index in [1.54, 1.807) is 11.9 Å². The van der Waals surface area contributed by atoms with Crippen molar-refractivity contribution in [1.29, 1.82) is 0 Å². The summed E-state index contributed by atoms with van der Waals surface area (Å²) in [7, 11) is 1.67. The fourth-order valence-corrected chi connectivity index (χ4v) is 4.97. The first-order chi connectivity index (χ1) is 19.6. The molecule has 0 atom stereocenters. The van der Waals surface area contributed by atoms with Gasteiger partial charge in [-0.15, -0.1) is 0 Å². The molecule has 0 spiro atoms. The molecular formula is C33H35N5O3. The number of rotatable bonds is 7. The van der Waals surface area contributed by atoms with Gasteiger partial charge >= 0.3 is 6.09 Å². The number of carbonyl (C=O) groups excluding carboxylic acids is 2. The summed E-state index contributed by atoms with van der Waals surface area (Å²) in [5, 5.41) is 0. The van der Waals surface area contributed by atoms with Crippen LogP contribution < -0.4 is 14.7 Å². The Morgan fingerprint density at radius 3 is 2.12 bits per heavy atom. The van der Waals surface area contributed by atoms with Crippen LogP contribution in [0.3, 0.4) is 0 Å². The van der Waals surface area contributed by atoms with Gasteiger partial charge in [-0.25, -0.2) is 14.8 Å². The zero-order chi connectivity index (χ0) is 29.1. The highest BCUT2D eigenvalue weighted by Gasteiger charge is 2.35. The monoisotopic (exact) mass is 549 g/mol. The zero-order valence-corrected chi connectivity index (χ0v) is 24.2. The molecule has 0 N–H and O–H groups in total. The van der Waals surface area contributed by atoms with Crippen LogP contribution in [0.2, 0.25) is 0 Å². The summed E-state index contributed by atoms with van der Waals surface area (Å²) in [4.78, 5) is 40.9. The quantitative estimate of drug-likeness (QED) is 0.259. The second kappa shape index (κ2) is 11.4. The maximum absolute atomic E-state index is 13.5. The molecule has 0 aliphatic carbocycles. The molecule has 3 aromatic carbocycles. The standard InChI is InChI=1S/C33H35N5O3/c1-23-16-17-26(18-28(23)36(5)32(40)41-33(2,3)4)38-29(39)19-27-30(34-22-35-31(27)38)37(20-24-12-8-6-9-13-24)21-25-14-10-7-11-15-25/h6-18,22H,19-21H2,1-5H3. The lowest BCUT2D eigenvalue weighted by Gasteiger charge is -2.27. The Hall–Kier alpha value is -4.72. The van der Waals surface area contributed by atoms with Crippen molar-refractivity contribution in [2.75, 3.05) is 21.7 Å². The average molecular weight is 550 g/mol. The number of hydrogen-bond donors (Lipinski definition) is 0. The molecule has 1 aliphatic heterocycles. The molecule has 0 unspecified atom stereocenters. The number of aromatic nitrogens is 2. The van der Waals surface area contributed by atoms with Crippen molar-refractivity contribution in [3.8, 4) is 0 Å². The molecule has 8 nitrogen and oxygen atoms in total. The summed E-state index contributed by atoms with van der Waals surface area (Å²) < 4.78 is 5.57. The fraction of sp³-hybridized carbons (Fsp3) is 0.273. The second-order valence-corrected chi connectivity index (χ2v) is 11.2. The van der Waals surface area contributed by atoms with E-state index < -0.39 is 11.7 Å². The van der Waals surface area contributed by atoms with Gasteiger partial charge in [-0.1, -0.05) is 66.7 Å². The van der Waals surface area contributed by atoms with Gasteiger partial charge in [0.15, 0.2) is 0 Å². The van der Waals surface area contributed by atoms with E-state index in [0.29, 0.717) is 30.3 Å². The number of benzene rings is 3. The van der Waals surface area contributed by atoms with Gasteiger partial charge < -0.3 is 9.64 Å². The number of ether oxygens (including phenoxy) is 1. The number of amides is 2. The van der Waals surface area contributed by atoms with Crippen molar-refractivity contribution in [3.63, 3.8) is 0 Å². The third-order valence-electron chi connectivity index (χ3n) is 6.90. The Morgan fingerprint density at radius 2 is 1.54 bits per heavy atom. The van der Waals surface area contributed by atoms with Crippen molar-refractivity contribution in [2.24, 2.45) is 0 Å². The van der Waals surface area contributed by atoms with Gasteiger partial charge in [0.2, 0.25) is 5.91 Å². The normalized spacial score (nSPS) is 12.7. The molecule has 0 fully saturated rings. The molecular weight excluding hydrogens is 514 g/mol. The number of nitrogens with zero attached hydrogens (tertiary/aromatic N) is 5. The molecule has 0 saturated heterocycles. The lowest BCUT2D eigenvalue weighted by Crippen LogP contribution is -2.34. The Morgan fingerprint density at radius 1 is 0.927 bits per heavy atom. The third-order valence-corrected chi connectivity index (χ3v) is 6.90. The first-order valence-corrected chi connectivity index (χ1v) is 13.7. The van der Waals surface area contributed by atoms with Crippen molar-refractivity contribution >= 4 is 35.0 Å². The van der Waals surface area contributed by atoms with Crippen LogP contribution in [0.1, 0.15) is 43.0 Å². The van der Waals surface area contributed by atoms with E-state index in [9.17, 15) is 9.59 Å². The van der Waals surface area contributed by atoms with E-state index in [0.717, 1.165) is 28.1 Å². The lowest BCUT2D eigenvalue weighted by molar-refractivity contribution is -0.116. The predicted molar refractivity (Wildman–Crippen MR) is 161 cm³/mol. The van der Waals surface area contributed by atoms with Gasteiger partial charge in [-0.2, -0.15) is 0 Å². The van der Waals surface area contributed by atoms with Crippen molar-refractivity contribution in [3.05, 3.63) is 107 Å². The van der Waals surface area contributed by atoms with Crippen molar-refractivity contribution < 1.29 is 14.3 Å². The van der Waals surface area contributed by atoms with E-state index in [2.05, 4.69) is 39.1 Å². The summed E-state index contributed by atoms with van der Waals surface area (Å²) in [6, 6.07) is 26.1. The predicted octanol–water partition coefficient (Wildman–Crippen LogP) is 6.58. The van der Waals surface area contributed by atoms with E-state index in [1.165, 1.54) is 11.2 Å². The molecule has 2 amide bonds. The maximum Gasteiger partial charge on any atom is 0.414 e. The van der Waals surface area contributed by atoms with Crippen LogP contribution in [0.5, 0.6) is 0 Å². The summed E-state index contributed by atoms with van der Waals surface area (Å²) in [6.07, 6.45) is 1.23. The average Bonchev–Trinajstić information content (AvgIpc) is 3.28. The number of carbonyl (C=O) groups is 2. The molecule has 1 aromatic heterocycles. The summed E-state index contributed by atoms with van der Waals surface area (Å²) in [5.74, 6) is 1.19. The molecule has 41 heavy (non-hydrogen) atoms. The third kappa shape index (κ3) is 6.22.